The number of rotatable bonds is 5. The molecular formula is C28H18N6O. The molecule has 0 aliphatic carbocycles. The second-order valence-electron chi connectivity index (χ2n) is 7.97. The predicted octanol–water partition coefficient (Wildman–Crippen LogP) is 6.80. The summed E-state index contributed by atoms with van der Waals surface area (Å²) in [5, 5.41) is 16.9. The van der Waals surface area contributed by atoms with E-state index >= 15 is 0 Å². The van der Waals surface area contributed by atoms with Crippen LogP contribution in [0.5, 0.6) is 0 Å². The van der Waals surface area contributed by atoms with Crippen LogP contribution < -0.4 is 10.6 Å². The highest BCUT2D eigenvalue weighted by atomic mass is 16.3. The van der Waals surface area contributed by atoms with Crippen LogP contribution in [-0.4, -0.2) is 15.0 Å². The molecule has 0 aliphatic heterocycles. The van der Waals surface area contributed by atoms with E-state index in [9.17, 15) is 5.26 Å². The van der Waals surface area contributed by atoms with E-state index in [-0.39, 0.29) is 0 Å². The largest absolute Gasteiger partial charge is 0.436 e. The standard InChI is InChI=1S/C28H18N6O/c29-17-18-4-6-24-23(14-18)25(10-13-31-24)33-22-5-7-27-26(16-22)34-28(35-27)19-2-1-3-21(15-19)32-20-8-11-30-12-9-20/h1-16H,(H,30,32)(H,31,33). The predicted molar refractivity (Wildman–Crippen MR) is 137 cm³/mol. The third-order valence-corrected chi connectivity index (χ3v) is 5.62. The van der Waals surface area contributed by atoms with Crippen LogP contribution in [0.3, 0.4) is 0 Å². The molecule has 6 aromatic rings. The number of nitrogens with one attached hydrogen (secondary N) is 2. The minimum absolute atomic E-state index is 0.545. The molecule has 0 spiro atoms. The van der Waals surface area contributed by atoms with Gasteiger partial charge >= 0.3 is 0 Å². The van der Waals surface area contributed by atoms with Gasteiger partial charge in [-0.3, -0.25) is 9.97 Å². The van der Waals surface area contributed by atoms with Crippen molar-refractivity contribution in [1.29, 1.82) is 5.26 Å². The number of hydrogen-bond donors (Lipinski definition) is 2. The molecule has 3 aromatic carbocycles. The zero-order valence-electron chi connectivity index (χ0n) is 18.4. The van der Waals surface area contributed by atoms with E-state index in [0.29, 0.717) is 17.0 Å². The van der Waals surface area contributed by atoms with Crippen molar-refractivity contribution in [3.05, 3.63) is 103 Å². The molecule has 166 valence electrons. The van der Waals surface area contributed by atoms with Gasteiger partial charge in [-0.25, -0.2) is 4.98 Å². The summed E-state index contributed by atoms with van der Waals surface area (Å²) >= 11 is 0. The Bertz CT molecular complexity index is 1720. The van der Waals surface area contributed by atoms with Crippen molar-refractivity contribution in [3.8, 4) is 17.5 Å². The molecule has 7 nitrogen and oxygen atoms in total. The van der Waals surface area contributed by atoms with E-state index in [1.54, 1.807) is 24.7 Å². The molecule has 0 saturated carbocycles. The van der Waals surface area contributed by atoms with Gasteiger partial charge in [-0.05, 0) is 72.8 Å². The summed E-state index contributed by atoms with van der Waals surface area (Å²) in [6.07, 6.45) is 5.24. The van der Waals surface area contributed by atoms with Crippen molar-refractivity contribution in [3.63, 3.8) is 0 Å². The molecule has 7 heteroatoms. The van der Waals surface area contributed by atoms with Gasteiger partial charge in [0.15, 0.2) is 5.58 Å². The Morgan fingerprint density at radius 1 is 0.743 bits per heavy atom. The molecule has 0 saturated heterocycles. The average molecular weight is 454 g/mol. The van der Waals surface area contributed by atoms with Crippen molar-refractivity contribution >= 4 is 44.8 Å². The van der Waals surface area contributed by atoms with E-state index in [1.165, 1.54) is 0 Å². The molecule has 2 N–H and O–H groups in total. The number of anilines is 4. The van der Waals surface area contributed by atoms with E-state index in [2.05, 4.69) is 26.7 Å². The van der Waals surface area contributed by atoms with Gasteiger partial charge in [-0.2, -0.15) is 5.26 Å². The van der Waals surface area contributed by atoms with Crippen molar-refractivity contribution in [2.75, 3.05) is 10.6 Å². The molecular weight excluding hydrogens is 436 g/mol. The van der Waals surface area contributed by atoms with E-state index in [1.807, 2.05) is 72.8 Å². The third kappa shape index (κ3) is 4.12. The molecule has 3 heterocycles. The highest BCUT2D eigenvalue weighted by molar-refractivity contribution is 5.94. The fourth-order valence-electron chi connectivity index (χ4n) is 3.94. The Balaban J connectivity index is 1.30. The van der Waals surface area contributed by atoms with Crippen molar-refractivity contribution in [1.82, 2.24) is 15.0 Å². The Kier molecular flexibility index (Phi) is 5.02. The van der Waals surface area contributed by atoms with Gasteiger partial charge < -0.3 is 15.1 Å². The Labute approximate surface area is 200 Å². The lowest BCUT2D eigenvalue weighted by molar-refractivity contribution is 0.620. The van der Waals surface area contributed by atoms with E-state index in [4.69, 9.17) is 9.40 Å². The minimum atomic E-state index is 0.545. The number of fused-ring (bicyclic) bond motifs is 2. The van der Waals surface area contributed by atoms with Gasteiger partial charge in [0.2, 0.25) is 5.89 Å². The molecule has 0 aliphatic rings. The van der Waals surface area contributed by atoms with Crippen molar-refractivity contribution < 1.29 is 4.42 Å². The maximum absolute atomic E-state index is 9.27. The zero-order chi connectivity index (χ0) is 23.6. The van der Waals surface area contributed by atoms with Crippen LogP contribution >= 0.6 is 0 Å². The molecule has 0 amide bonds. The number of nitrogens with zero attached hydrogens (tertiary/aromatic N) is 4. The van der Waals surface area contributed by atoms with Crippen LogP contribution in [0.2, 0.25) is 0 Å². The summed E-state index contributed by atoms with van der Waals surface area (Å²) in [6, 6.07) is 27.1. The second-order valence-corrected chi connectivity index (χ2v) is 7.97. The maximum Gasteiger partial charge on any atom is 0.227 e. The Hall–Kier alpha value is -5.22. The van der Waals surface area contributed by atoms with Gasteiger partial charge in [0.1, 0.15) is 5.52 Å². The zero-order valence-corrected chi connectivity index (χ0v) is 18.4. The summed E-state index contributed by atoms with van der Waals surface area (Å²) in [5.74, 6) is 0.545. The van der Waals surface area contributed by atoms with Crippen LogP contribution in [0, 0.1) is 11.3 Å². The van der Waals surface area contributed by atoms with Crippen LogP contribution in [0.1, 0.15) is 5.56 Å². The Morgan fingerprint density at radius 2 is 1.63 bits per heavy atom. The normalized spacial score (nSPS) is 10.8. The lowest BCUT2D eigenvalue weighted by Crippen LogP contribution is -1.93. The fraction of sp³-hybridized carbons (Fsp3) is 0. The summed E-state index contributed by atoms with van der Waals surface area (Å²) in [4.78, 5) is 13.2. The first-order valence-electron chi connectivity index (χ1n) is 11.0. The maximum atomic E-state index is 9.27. The van der Waals surface area contributed by atoms with Crippen LogP contribution in [0.4, 0.5) is 22.7 Å². The van der Waals surface area contributed by atoms with Gasteiger partial charge in [0.25, 0.3) is 0 Å². The lowest BCUT2D eigenvalue weighted by atomic mass is 10.1. The second kappa shape index (κ2) is 8.61. The molecule has 0 unspecified atom stereocenters. The van der Waals surface area contributed by atoms with Crippen LogP contribution in [0.15, 0.2) is 102 Å². The number of hydrogen-bond acceptors (Lipinski definition) is 7. The number of nitriles is 1. The molecule has 3 aromatic heterocycles. The average Bonchev–Trinajstić information content (AvgIpc) is 3.33. The van der Waals surface area contributed by atoms with Gasteiger partial charge in [-0.15, -0.1) is 0 Å². The SMILES string of the molecule is N#Cc1ccc2nccc(Nc3ccc4oc(-c5cccc(Nc6ccncc6)c5)nc4c3)c2c1. The third-order valence-electron chi connectivity index (χ3n) is 5.62. The highest BCUT2D eigenvalue weighted by Crippen LogP contribution is 2.31. The Morgan fingerprint density at radius 3 is 2.51 bits per heavy atom. The summed E-state index contributed by atoms with van der Waals surface area (Å²) < 4.78 is 6.04. The van der Waals surface area contributed by atoms with E-state index in [0.717, 1.165) is 44.7 Å². The first kappa shape index (κ1) is 20.4. The smallest absolute Gasteiger partial charge is 0.227 e. The molecule has 0 bridgehead atoms. The van der Waals surface area contributed by atoms with Crippen molar-refractivity contribution in [2.45, 2.75) is 0 Å². The van der Waals surface area contributed by atoms with Crippen LogP contribution in [-0.2, 0) is 0 Å². The number of benzene rings is 3. The summed E-state index contributed by atoms with van der Waals surface area (Å²) in [5.41, 5.74) is 7.34. The number of aromatic nitrogens is 3. The highest BCUT2D eigenvalue weighted by Gasteiger charge is 2.11. The van der Waals surface area contributed by atoms with Crippen LogP contribution in [0.25, 0.3) is 33.5 Å². The number of oxazole rings is 1. The topological polar surface area (TPSA) is 99.7 Å². The molecule has 0 fully saturated rings. The quantitative estimate of drug-likeness (QED) is 0.295. The van der Waals surface area contributed by atoms with Crippen molar-refractivity contribution in [2.24, 2.45) is 0 Å². The first-order chi connectivity index (χ1) is 17.2. The number of pyridine rings is 2. The van der Waals surface area contributed by atoms with Gasteiger partial charge in [0, 0.05) is 52.3 Å². The lowest BCUT2D eigenvalue weighted by Gasteiger charge is -2.09. The molecule has 0 atom stereocenters. The monoisotopic (exact) mass is 454 g/mol. The van der Waals surface area contributed by atoms with Gasteiger partial charge in [0.05, 0.1) is 17.1 Å². The molecule has 6 rings (SSSR count). The van der Waals surface area contributed by atoms with Gasteiger partial charge in [-0.1, -0.05) is 6.07 Å². The van der Waals surface area contributed by atoms with E-state index < -0.39 is 0 Å². The minimum Gasteiger partial charge on any atom is -0.436 e. The fourth-order valence-corrected chi connectivity index (χ4v) is 3.94. The first-order valence-corrected chi connectivity index (χ1v) is 11.0. The summed E-state index contributed by atoms with van der Waals surface area (Å²) in [7, 11) is 0. The molecule has 35 heavy (non-hydrogen) atoms. The summed E-state index contributed by atoms with van der Waals surface area (Å²) in [6.45, 7) is 0. The molecule has 0 radical (unpaired) electrons.